The molecule has 8 nitrogen and oxygen atoms in total. The lowest BCUT2D eigenvalue weighted by Gasteiger charge is -2.33. The largest absolute Gasteiger partial charge is 0.497 e. The number of benzene rings is 2. The van der Waals surface area contributed by atoms with Gasteiger partial charge in [-0.05, 0) is 37.1 Å². The molecule has 0 atom stereocenters. The first kappa shape index (κ1) is 21.6. The van der Waals surface area contributed by atoms with Gasteiger partial charge in [-0.25, -0.2) is 8.42 Å². The lowest BCUT2D eigenvalue weighted by atomic mass is 9.96. The van der Waals surface area contributed by atoms with Crippen molar-refractivity contribution in [3.63, 3.8) is 0 Å². The highest BCUT2D eigenvalue weighted by Crippen LogP contribution is 2.27. The molecule has 0 bridgehead atoms. The Morgan fingerprint density at radius 3 is 2.37 bits per heavy atom. The molecule has 1 aliphatic rings. The van der Waals surface area contributed by atoms with E-state index >= 15 is 0 Å². The fourth-order valence-corrected chi connectivity index (χ4v) is 4.86. The van der Waals surface area contributed by atoms with Gasteiger partial charge < -0.3 is 15.4 Å². The summed E-state index contributed by atoms with van der Waals surface area (Å²) in [4.78, 5) is 26.0. The quantitative estimate of drug-likeness (QED) is 0.716. The lowest BCUT2D eigenvalue weighted by Crippen LogP contribution is -2.47. The minimum Gasteiger partial charge on any atom is -0.497 e. The number of rotatable bonds is 7. The second-order valence-corrected chi connectivity index (χ2v) is 8.95. The van der Waals surface area contributed by atoms with E-state index in [0.29, 0.717) is 37.4 Å². The first-order chi connectivity index (χ1) is 14.3. The Hall–Kier alpha value is -3.07. The first-order valence-corrected chi connectivity index (χ1v) is 11.1. The average Bonchev–Trinajstić information content (AvgIpc) is 2.77. The molecule has 1 fully saturated rings. The number of hydrogen-bond acceptors (Lipinski definition) is 5. The molecule has 3 rings (SSSR count). The molecule has 2 N–H and O–H groups in total. The standard InChI is InChI=1S/C21H25N3O5S/c1-29-18-7-5-6-17(14-18)24(30(27,28)19-8-3-2-4-9-19)15-20(25)23-12-10-16(11-13-23)21(22)26/h2-9,14,16H,10-13,15H2,1H3,(H2,22,26). The van der Waals surface area contributed by atoms with E-state index in [0.717, 1.165) is 4.31 Å². The molecule has 1 heterocycles. The predicted octanol–water partition coefficient (Wildman–Crippen LogP) is 1.61. The van der Waals surface area contributed by atoms with E-state index in [1.165, 1.54) is 19.2 Å². The fourth-order valence-electron chi connectivity index (χ4n) is 3.44. The molecule has 2 aromatic rings. The van der Waals surface area contributed by atoms with Crippen molar-refractivity contribution in [1.82, 2.24) is 4.90 Å². The molecule has 0 aliphatic carbocycles. The number of nitrogens with zero attached hydrogens (tertiary/aromatic N) is 2. The number of carbonyl (C=O) groups excluding carboxylic acids is 2. The molecule has 2 amide bonds. The highest BCUT2D eigenvalue weighted by molar-refractivity contribution is 7.92. The zero-order valence-corrected chi connectivity index (χ0v) is 17.5. The molecule has 9 heteroatoms. The molecule has 30 heavy (non-hydrogen) atoms. The van der Waals surface area contributed by atoms with Crippen LogP contribution in [-0.2, 0) is 19.6 Å². The molecule has 0 aromatic heterocycles. The number of primary amides is 1. The third-order valence-electron chi connectivity index (χ3n) is 5.20. The topological polar surface area (TPSA) is 110 Å². The average molecular weight is 432 g/mol. The van der Waals surface area contributed by atoms with Gasteiger partial charge in [0.2, 0.25) is 11.8 Å². The van der Waals surface area contributed by atoms with Crippen LogP contribution in [0.2, 0.25) is 0 Å². The fraction of sp³-hybridized carbons (Fsp3) is 0.333. The highest BCUT2D eigenvalue weighted by atomic mass is 32.2. The molecule has 0 radical (unpaired) electrons. The number of amides is 2. The van der Waals surface area contributed by atoms with Crippen LogP contribution in [0.5, 0.6) is 5.75 Å². The molecule has 0 saturated carbocycles. The van der Waals surface area contributed by atoms with Gasteiger partial charge >= 0.3 is 0 Å². The van der Waals surface area contributed by atoms with Crippen molar-refractivity contribution in [2.45, 2.75) is 17.7 Å². The van der Waals surface area contributed by atoms with E-state index in [-0.39, 0.29) is 29.2 Å². The SMILES string of the molecule is COc1cccc(N(CC(=O)N2CCC(C(N)=O)CC2)S(=O)(=O)c2ccccc2)c1. The van der Waals surface area contributed by atoms with Crippen molar-refractivity contribution in [3.8, 4) is 5.75 Å². The van der Waals surface area contributed by atoms with Gasteiger partial charge in [-0.2, -0.15) is 0 Å². The molecule has 2 aromatic carbocycles. The van der Waals surface area contributed by atoms with Crippen molar-refractivity contribution in [2.24, 2.45) is 11.7 Å². The van der Waals surface area contributed by atoms with Crippen LogP contribution in [0.15, 0.2) is 59.5 Å². The third kappa shape index (κ3) is 4.73. The van der Waals surface area contributed by atoms with Gasteiger partial charge in [0.1, 0.15) is 12.3 Å². The highest BCUT2D eigenvalue weighted by Gasteiger charge is 2.31. The number of nitrogens with two attached hydrogens (primary N) is 1. The molecule has 0 unspecified atom stereocenters. The van der Waals surface area contributed by atoms with Crippen LogP contribution in [0, 0.1) is 5.92 Å². The molecule has 160 valence electrons. The van der Waals surface area contributed by atoms with Gasteiger partial charge in [-0.15, -0.1) is 0 Å². The minimum atomic E-state index is -3.98. The maximum atomic E-state index is 13.3. The number of anilines is 1. The number of methoxy groups -OCH3 is 1. The Labute approximate surface area is 176 Å². The lowest BCUT2D eigenvalue weighted by molar-refractivity contribution is -0.133. The normalized spacial score (nSPS) is 14.9. The van der Waals surface area contributed by atoms with Gasteiger partial charge in [0, 0.05) is 25.1 Å². The van der Waals surface area contributed by atoms with Crippen molar-refractivity contribution in [2.75, 3.05) is 31.0 Å². The summed E-state index contributed by atoms with van der Waals surface area (Å²) < 4.78 is 33.0. The van der Waals surface area contributed by atoms with Crippen LogP contribution >= 0.6 is 0 Å². The minimum absolute atomic E-state index is 0.0908. The van der Waals surface area contributed by atoms with Crippen LogP contribution in [0.1, 0.15) is 12.8 Å². The van der Waals surface area contributed by atoms with Gasteiger partial charge in [0.05, 0.1) is 17.7 Å². The van der Waals surface area contributed by atoms with Gasteiger partial charge in [0.15, 0.2) is 0 Å². The second-order valence-electron chi connectivity index (χ2n) is 7.08. The summed E-state index contributed by atoms with van der Waals surface area (Å²) in [7, 11) is -2.49. The Morgan fingerprint density at radius 2 is 1.77 bits per heavy atom. The number of sulfonamides is 1. The van der Waals surface area contributed by atoms with Gasteiger partial charge in [0.25, 0.3) is 10.0 Å². The summed E-state index contributed by atoms with van der Waals surface area (Å²) in [5, 5.41) is 0. The van der Waals surface area contributed by atoms with Crippen molar-refractivity contribution in [3.05, 3.63) is 54.6 Å². The molecule has 1 aliphatic heterocycles. The van der Waals surface area contributed by atoms with E-state index < -0.39 is 10.0 Å². The number of hydrogen-bond donors (Lipinski definition) is 1. The van der Waals surface area contributed by atoms with Gasteiger partial charge in [-0.1, -0.05) is 24.3 Å². The summed E-state index contributed by atoms with van der Waals surface area (Å²) in [5.41, 5.74) is 5.68. The Kier molecular flexibility index (Phi) is 6.61. The monoisotopic (exact) mass is 431 g/mol. The van der Waals surface area contributed by atoms with Gasteiger partial charge in [-0.3, -0.25) is 13.9 Å². The van der Waals surface area contributed by atoms with Crippen LogP contribution < -0.4 is 14.8 Å². The Balaban J connectivity index is 1.88. The summed E-state index contributed by atoms with van der Waals surface area (Å²) in [6.45, 7) is 0.374. The van der Waals surface area contributed by atoms with Crippen molar-refractivity contribution in [1.29, 1.82) is 0 Å². The summed E-state index contributed by atoms with van der Waals surface area (Å²) in [6, 6.07) is 14.5. The number of piperidine rings is 1. The zero-order chi connectivity index (χ0) is 21.7. The smallest absolute Gasteiger partial charge is 0.264 e. The Bertz CT molecular complexity index is 1000. The molecule has 0 spiro atoms. The van der Waals surface area contributed by atoms with E-state index in [1.54, 1.807) is 47.4 Å². The number of carbonyl (C=O) groups is 2. The number of ether oxygens (including phenoxy) is 1. The van der Waals surface area contributed by atoms with Crippen LogP contribution in [0.3, 0.4) is 0 Å². The predicted molar refractivity (Wildman–Crippen MR) is 112 cm³/mol. The van der Waals surface area contributed by atoms with Crippen molar-refractivity contribution < 1.29 is 22.7 Å². The van der Waals surface area contributed by atoms with Crippen LogP contribution in [-0.4, -0.2) is 51.9 Å². The van der Waals surface area contributed by atoms with E-state index in [9.17, 15) is 18.0 Å². The van der Waals surface area contributed by atoms with E-state index in [2.05, 4.69) is 0 Å². The van der Waals surface area contributed by atoms with E-state index in [1.807, 2.05) is 0 Å². The number of likely N-dealkylation sites (tertiary alicyclic amines) is 1. The van der Waals surface area contributed by atoms with Crippen LogP contribution in [0.25, 0.3) is 0 Å². The summed E-state index contributed by atoms with van der Waals surface area (Å²) in [6.07, 6.45) is 0.956. The summed E-state index contributed by atoms with van der Waals surface area (Å²) in [5.74, 6) is -0.473. The molecule has 1 saturated heterocycles. The molecular formula is C21H25N3O5S. The molecular weight excluding hydrogens is 406 g/mol. The zero-order valence-electron chi connectivity index (χ0n) is 16.7. The maximum Gasteiger partial charge on any atom is 0.264 e. The third-order valence-corrected chi connectivity index (χ3v) is 6.99. The summed E-state index contributed by atoms with van der Waals surface area (Å²) >= 11 is 0. The maximum absolute atomic E-state index is 13.3. The van der Waals surface area contributed by atoms with Crippen molar-refractivity contribution >= 4 is 27.5 Å². The second kappa shape index (κ2) is 9.17. The first-order valence-electron chi connectivity index (χ1n) is 9.62. The van der Waals surface area contributed by atoms with E-state index in [4.69, 9.17) is 10.5 Å². The van der Waals surface area contributed by atoms with Crippen LogP contribution in [0.4, 0.5) is 5.69 Å². The Morgan fingerprint density at radius 1 is 1.10 bits per heavy atom.